The van der Waals surface area contributed by atoms with Crippen LogP contribution in [-0.2, 0) is 6.54 Å². The molecule has 0 atom stereocenters. The Hall–Kier alpha value is -0.610. The predicted molar refractivity (Wildman–Crippen MR) is 65.5 cm³/mol. The monoisotopic (exact) mass is 225 g/mol. The first-order chi connectivity index (χ1) is 7.25. The van der Waals surface area contributed by atoms with Crippen LogP contribution in [0.1, 0.15) is 31.4 Å². The number of anilines is 1. The Balaban J connectivity index is 1.82. The molecule has 0 aliphatic heterocycles. The summed E-state index contributed by atoms with van der Waals surface area (Å²) in [6, 6.07) is 0.731. The van der Waals surface area contributed by atoms with Crippen molar-refractivity contribution >= 4 is 16.5 Å². The zero-order valence-electron chi connectivity index (χ0n) is 9.49. The standard InChI is InChI=1S/C11H19N3S/c1-14(2)11-13-10(8-15-11)7-12-9-5-3-4-6-9/h8-9,12H,3-7H2,1-2H3. The molecule has 1 aliphatic rings. The molecule has 1 saturated carbocycles. The Labute approximate surface area is 95.5 Å². The first-order valence-corrected chi connectivity index (χ1v) is 6.49. The minimum absolute atomic E-state index is 0.731. The molecule has 0 aromatic carbocycles. The van der Waals surface area contributed by atoms with Gasteiger partial charge in [-0.3, -0.25) is 0 Å². The quantitative estimate of drug-likeness (QED) is 0.852. The van der Waals surface area contributed by atoms with Crippen molar-refractivity contribution in [2.45, 2.75) is 38.3 Å². The zero-order chi connectivity index (χ0) is 10.7. The Morgan fingerprint density at radius 1 is 1.47 bits per heavy atom. The molecule has 0 spiro atoms. The van der Waals surface area contributed by atoms with Crippen molar-refractivity contribution in [1.29, 1.82) is 0 Å². The van der Waals surface area contributed by atoms with Gasteiger partial charge in [0.25, 0.3) is 0 Å². The van der Waals surface area contributed by atoms with Crippen LogP contribution >= 0.6 is 11.3 Å². The molecule has 0 bridgehead atoms. The molecule has 0 saturated heterocycles. The van der Waals surface area contributed by atoms with Crippen LogP contribution in [0.2, 0.25) is 0 Å². The number of thiazole rings is 1. The third-order valence-corrected chi connectivity index (χ3v) is 3.91. The van der Waals surface area contributed by atoms with Gasteiger partial charge in [-0.05, 0) is 12.8 Å². The predicted octanol–water partition coefficient (Wildman–Crippen LogP) is 2.24. The van der Waals surface area contributed by atoms with Gasteiger partial charge in [-0.2, -0.15) is 0 Å². The SMILES string of the molecule is CN(C)c1nc(CNC2CCCC2)cs1. The fourth-order valence-corrected chi connectivity index (χ4v) is 2.72. The molecule has 1 heterocycles. The summed E-state index contributed by atoms with van der Waals surface area (Å²) in [5.74, 6) is 0. The van der Waals surface area contributed by atoms with Crippen LogP contribution in [-0.4, -0.2) is 25.1 Å². The van der Waals surface area contributed by atoms with E-state index < -0.39 is 0 Å². The van der Waals surface area contributed by atoms with Crippen LogP contribution in [0.4, 0.5) is 5.13 Å². The average Bonchev–Trinajstić information content (AvgIpc) is 2.86. The molecular formula is C11H19N3S. The Bertz CT molecular complexity index is 303. The van der Waals surface area contributed by atoms with E-state index in [9.17, 15) is 0 Å². The number of nitrogens with one attached hydrogen (secondary N) is 1. The van der Waals surface area contributed by atoms with Crippen molar-refractivity contribution in [2.24, 2.45) is 0 Å². The second kappa shape index (κ2) is 4.94. The van der Waals surface area contributed by atoms with E-state index in [-0.39, 0.29) is 0 Å². The first-order valence-electron chi connectivity index (χ1n) is 5.61. The van der Waals surface area contributed by atoms with E-state index >= 15 is 0 Å². The van der Waals surface area contributed by atoms with Gasteiger partial charge >= 0.3 is 0 Å². The smallest absolute Gasteiger partial charge is 0.185 e. The van der Waals surface area contributed by atoms with Gasteiger partial charge < -0.3 is 10.2 Å². The lowest BCUT2D eigenvalue weighted by atomic mass is 10.2. The molecule has 4 heteroatoms. The summed E-state index contributed by atoms with van der Waals surface area (Å²) >= 11 is 1.71. The minimum atomic E-state index is 0.731. The number of rotatable bonds is 4. The highest BCUT2D eigenvalue weighted by molar-refractivity contribution is 7.13. The van der Waals surface area contributed by atoms with Crippen molar-refractivity contribution in [3.05, 3.63) is 11.1 Å². The third kappa shape index (κ3) is 2.92. The van der Waals surface area contributed by atoms with E-state index in [0.29, 0.717) is 0 Å². The zero-order valence-corrected chi connectivity index (χ0v) is 10.3. The van der Waals surface area contributed by atoms with Gasteiger partial charge in [0, 0.05) is 32.1 Å². The fourth-order valence-electron chi connectivity index (χ4n) is 1.96. The molecule has 0 radical (unpaired) electrons. The van der Waals surface area contributed by atoms with E-state index in [4.69, 9.17) is 0 Å². The summed E-state index contributed by atoms with van der Waals surface area (Å²) in [5, 5.41) is 6.82. The van der Waals surface area contributed by atoms with Crippen molar-refractivity contribution in [3.8, 4) is 0 Å². The normalized spacial score (nSPS) is 17.2. The highest BCUT2D eigenvalue weighted by Crippen LogP contribution is 2.20. The molecule has 15 heavy (non-hydrogen) atoms. The molecule has 0 amide bonds. The van der Waals surface area contributed by atoms with Crippen LogP contribution < -0.4 is 10.2 Å². The van der Waals surface area contributed by atoms with Gasteiger partial charge in [0.05, 0.1) is 5.69 Å². The molecule has 1 N–H and O–H groups in total. The van der Waals surface area contributed by atoms with Gasteiger partial charge in [0.1, 0.15) is 0 Å². The summed E-state index contributed by atoms with van der Waals surface area (Å²) in [5.41, 5.74) is 1.18. The van der Waals surface area contributed by atoms with Gasteiger partial charge in [0.15, 0.2) is 5.13 Å². The lowest BCUT2D eigenvalue weighted by Crippen LogP contribution is -2.25. The van der Waals surface area contributed by atoms with E-state index in [1.54, 1.807) is 11.3 Å². The Morgan fingerprint density at radius 3 is 2.80 bits per heavy atom. The summed E-state index contributed by atoms with van der Waals surface area (Å²) in [6.45, 7) is 0.926. The largest absolute Gasteiger partial charge is 0.354 e. The van der Waals surface area contributed by atoms with E-state index in [1.165, 1.54) is 31.4 Å². The molecule has 84 valence electrons. The van der Waals surface area contributed by atoms with Crippen LogP contribution in [0.25, 0.3) is 0 Å². The van der Waals surface area contributed by atoms with Crippen LogP contribution in [0.5, 0.6) is 0 Å². The maximum atomic E-state index is 4.55. The number of hydrogen-bond donors (Lipinski definition) is 1. The first kappa shape index (κ1) is 10.9. The molecule has 1 aliphatic carbocycles. The highest BCUT2D eigenvalue weighted by Gasteiger charge is 2.14. The number of hydrogen-bond acceptors (Lipinski definition) is 4. The van der Waals surface area contributed by atoms with E-state index in [0.717, 1.165) is 17.7 Å². The van der Waals surface area contributed by atoms with Crippen LogP contribution in [0.15, 0.2) is 5.38 Å². The Morgan fingerprint density at radius 2 is 2.20 bits per heavy atom. The summed E-state index contributed by atoms with van der Waals surface area (Å²) < 4.78 is 0. The van der Waals surface area contributed by atoms with E-state index in [2.05, 4.69) is 20.6 Å². The lowest BCUT2D eigenvalue weighted by molar-refractivity contribution is 0.520. The molecule has 1 aromatic heterocycles. The van der Waals surface area contributed by atoms with Crippen molar-refractivity contribution in [1.82, 2.24) is 10.3 Å². The van der Waals surface area contributed by atoms with Crippen LogP contribution in [0.3, 0.4) is 0 Å². The van der Waals surface area contributed by atoms with Crippen molar-refractivity contribution in [3.63, 3.8) is 0 Å². The number of nitrogens with zero attached hydrogens (tertiary/aromatic N) is 2. The second-order valence-corrected chi connectivity index (χ2v) is 5.21. The molecule has 1 fully saturated rings. The van der Waals surface area contributed by atoms with Gasteiger partial charge in [-0.15, -0.1) is 11.3 Å². The van der Waals surface area contributed by atoms with Gasteiger partial charge in [-0.25, -0.2) is 4.98 Å². The lowest BCUT2D eigenvalue weighted by Gasteiger charge is -2.10. The number of aromatic nitrogens is 1. The van der Waals surface area contributed by atoms with Gasteiger partial charge in [-0.1, -0.05) is 12.8 Å². The second-order valence-electron chi connectivity index (χ2n) is 4.38. The van der Waals surface area contributed by atoms with Gasteiger partial charge in [0.2, 0.25) is 0 Å². The molecule has 3 nitrogen and oxygen atoms in total. The minimum Gasteiger partial charge on any atom is -0.354 e. The fraction of sp³-hybridized carbons (Fsp3) is 0.727. The Kier molecular flexibility index (Phi) is 3.59. The van der Waals surface area contributed by atoms with Crippen LogP contribution in [0, 0.1) is 0 Å². The molecule has 2 rings (SSSR count). The third-order valence-electron chi connectivity index (χ3n) is 2.85. The topological polar surface area (TPSA) is 28.2 Å². The summed E-state index contributed by atoms with van der Waals surface area (Å²) in [7, 11) is 4.07. The van der Waals surface area contributed by atoms with Crippen molar-refractivity contribution < 1.29 is 0 Å². The molecule has 1 aromatic rings. The summed E-state index contributed by atoms with van der Waals surface area (Å²) in [6.07, 6.45) is 5.45. The maximum absolute atomic E-state index is 4.55. The summed E-state index contributed by atoms with van der Waals surface area (Å²) in [4.78, 5) is 6.61. The average molecular weight is 225 g/mol. The maximum Gasteiger partial charge on any atom is 0.185 e. The molecule has 0 unspecified atom stereocenters. The highest BCUT2D eigenvalue weighted by atomic mass is 32.1. The van der Waals surface area contributed by atoms with E-state index in [1.807, 2.05) is 14.1 Å². The van der Waals surface area contributed by atoms with Crippen molar-refractivity contribution in [2.75, 3.05) is 19.0 Å². The molecular weight excluding hydrogens is 206 g/mol.